The summed E-state index contributed by atoms with van der Waals surface area (Å²) in [5, 5.41) is 3.55. The zero-order chi connectivity index (χ0) is 13.9. The van der Waals surface area contributed by atoms with Crippen LogP contribution in [0.15, 0.2) is 41.5 Å². The number of nitrogens with one attached hydrogen (secondary N) is 2. The molecule has 106 valence electrons. The molecule has 1 aliphatic carbocycles. The van der Waals surface area contributed by atoms with Gasteiger partial charge in [-0.25, -0.2) is 4.79 Å². The second-order valence-electron chi connectivity index (χ2n) is 5.36. The molecule has 2 aromatic rings. The minimum Gasteiger partial charge on any atom is -0.382 e. The Morgan fingerprint density at radius 2 is 2.10 bits per heavy atom. The normalized spacial score (nSPS) is 22.1. The highest BCUT2D eigenvalue weighted by Gasteiger charge is 2.25. The maximum atomic E-state index is 11.5. The zero-order valence-electron chi connectivity index (χ0n) is 11.4. The molecule has 3 rings (SSSR count). The first-order valence-corrected chi connectivity index (χ1v) is 7.11. The van der Waals surface area contributed by atoms with E-state index in [1.165, 1.54) is 19.3 Å². The molecule has 0 amide bonds. The summed E-state index contributed by atoms with van der Waals surface area (Å²) in [6, 6.07) is 8.40. The van der Waals surface area contributed by atoms with Gasteiger partial charge in [0, 0.05) is 24.1 Å². The highest BCUT2D eigenvalue weighted by Crippen LogP contribution is 2.27. The predicted molar refractivity (Wildman–Crippen MR) is 80.2 cm³/mol. The number of anilines is 1. The monoisotopic (exact) mass is 272 g/mol. The highest BCUT2D eigenvalue weighted by molar-refractivity contribution is 5.49. The molecule has 2 unspecified atom stereocenters. The summed E-state index contributed by atoms with van der Waals surface area (Å²) in [6.07, 6.45) is 7.01. The lowest BCUT2D eigenvalue weighted by atomic mass is 10.0. The Kier molecular flexibility index (Phi) is 3.60. The Morgan fingerprint density at radius 1 is 1.30 bits per heavy atom. The molecule has 0 saturated heterocycles. The summed E-state index contributed by atoms with van der Waals surface area (Å²) >= 11 is 0. The van der Waals surface area contributed by atoms with E-state index in [0.717, 1.165) is 17.9 Å². The van der Waals surface area contributed by atoms with Crippen molar-refractivity contribution in [2.24, 2.45) is 11.7 Å². The number of benzene rings is 1. The van der Waals surface area contributed by atoms with E-state index in [9.17, 15) is 4.79 Å². The standard InChI is InChI=1S/C15H20N4O/c16-10-11-2-1-3-14(11)18-12-4-6-13(7-5-12)19-9-8-17-15(19)20/h4-9,11,14,18H,1-3,10,16H2,(H,17,20). The molecular weight excluding hydrogens is 252 g/mol. The third kappa shape index (κ3) is 2.49. The maximum Gasteiger partial charge on any atom is 0.330 e. The fourth-order valence-electron chi connectivity index (χ4n) is 2.96. The van der Waals surface area contributed by atoms with Crippen LogP contribution in [0.25, 0.3) is 5.69 Å². The van der Waals surface area contributed by atoms with Gasteiger partial charge in [-0.3, -0.25) is 4.57 Å². The summed E-state index contributed by atoms with van der Waals surface area (Å²) in [5.41, 5.74) is 7.63. The third-order valence-electron chi connectivity index (χ3n) is 4.11. The minimum atomic E-state index is -0.121. The zero-order valence-corrected chi connectivity index (χ0v) is 11.4. The Hall–Kier alpha value is -2.01. The Bertz CT molecular complexity index is 613. The van der Waals surface area contributed by atoms with E-state index in [-0.39, 0.29) is 5.69 Å². The van der Waals surface area contributed by atoms with Crippen LogP contribution >= 0.6 is 0 Å². The summed E-state index contributed by atoms with van der Waals surface area (Å²) in [7, 11) is 0. The van der Waals surface area contributed by atoms with E-state index in [1.54, 1.807) is 17.0 Å². The molecular formula is C15H20N4O. The number of imidazole rings is 1. The molecule has 20 heavy (non-hydrogen) atoms. The SMILES string of the molecule is NCC1CCCC1Nc1ccc(-n2cc[nH]c2=O)cc1. The van der Waals surface area contributed by atoms with Gasteiger partial charge in [-0.1, -0.05) is 6.42 Å². The second-order valence-corrected chi connectivity index (χ2v) is 5.36. The highest BCUT2D eigenvalue weighted by atomic mass is 16.1. The van der Waals surface area contributed by atoms with Crippen LogP contribution < -0.4 is 16.7 Å². The van der Waals surface area contributed by atoms with Gasteiger partial charge in [0.25, 0.3) is 0 Å². The summed E-state index contributed by atoms with van der Waals surface area (Å²) < 4.78 is 1.59. The first-order valence-electron chi connectivity index (χ1n) is 7.11. The van der Waals surface area contributed by atoms with Gasteiger partial charge in [-0.2, -0.15) is 0 Å². The molecule has 1 aromatic carbocycles. The van der Waals surface area contributed by atoms with Crippen molar-refractivity contribution in [3.8, 4) is 5.69 Å². The molecule has 0 bridgehead atoms. The lowest BCUT2D eigenvalue weighted by Gasteiger charge is -2.20. The molecule has 1 heterocycles. The van der Waals surface area contributed by atoms with Gasteiger partial charge in [0.15, 0.2) is 0 Å². The van der Waals surface area contributed by atoms with Crippen molar-refractivity contribution in [2.75, 3.05) is 11.9 Å². The lowest BCUT2D eigenvalue weighted by molar-refractivity contribution is 0.516. The second kappa shape index (κ2) is 5.54. The first kappa shape index (κ1) is 13.0. The molecule has 5 nitrogen and oxygen atoms in total. The van der Waals surface area contributed by atoms with Crippen LogP contribution in [-0.4, -0.2) is 22.1 Å². The van der Waals surface area contributed by atoms with Gasteiger partial charge in [-0.15, -0.1) is 0 Å². The number of H-pyrrole nitrogens is 1. The van der Waals surface area contributed by atoms with Crippen molar-refractivity contribution in [2.45, 2.75) is 25.3 Å². The molecule has 5 heteroatoms. The van der Waals surface area contributed by atoms with Crippen LogP contribution in [0.3, 0.4) is 0 Å². The molecule has 4 N–H and O–H groups in total. The Balaban J connectivity index is 1.73. The lowest BCUT2D eigenvalue weighted by Crippen LogP contribution is -2.29. The van der Waals surface area contributed by atoms with Crippen LogP contribution in [0.5, 0.6) is 0 Å². The molecule has 0 radical (unpaired) electrons. The predicted octanol–water partition coefficient (Wildman–Crippen LogP) is 1.70. The fourth-order valence-corrected chi connectivity index (χ4v) is 2.96. The minimum absolute atomic E-state index is 0.121. The van der Waals surface area contributed by atoms with E-state index >= 15 is 0 Å². The van der Waals surface area contributed by atoms with Crippen LogP contribution in [0.1, 0.15) is 19.3 Å². The fraction of sp³-hybridized carbons (Fsp3) is 0.400. The third-order valence-corrected chi connectivity index (χ3v) is 4.11. The Morgan fingerprint density at radius 3 is 2.75 bits per heavy atom. The van der Waals surface area contributed by atoms with Crippen molar-refractivity contribution < 1.29 is 0 Å². The van der Waals surface area contributed by atoms with E-state index in [1.807, 2.05) is 24.3 Å². The maximum absolute atomic E-state index is 11.5. The smallest absolute Gasteiger partial charge is 0.330 e. The summed E-state index contributed by atoms with van der Waals surface area (Å²) in [5.74, 6) is 0.571. The molecule has 1 saturated carbocycles. The van der Waals surface area contributed by atoms with Crippen LogP contribution in [-0.2, 0) is 0 Å². The van der Waals surface area contributed by atoms with Crippen LogP contribution in [0.4, 0.5) is 5.69 Å². The molecule has 1 aromatic heterocycles. The number of nitrogens with two attached hydrogens (primary N) is 1. The van der Waals surface area contributed by atoms with Crippen molar-refractivity contribution in [3.63, 3.8) is 0 Å². The van der Waals surface area contributed by atoms with E-state index in [2.05, 4.69) is 10.3 Å². The van der Waals surface area contributed by atoms with Crippen LogP contribution in [0.2, 0.25) is 0 Å². The van der Waals surface area contributed by atoms with Crippen molar-refractivity contribution in [1.82, 2.24) is 9.55 Å². The topological polar surface area (TPSA) is 75.8 Å². The van der Waals surface area contributed by atoms with Gasteiger partial charge in [0.2, 0.25) is 0 Å². The Labute approximate surface area is 117 Å². The number of hydrogen-bond acceptors (Lipinski definition) is 3. The molecule has 1 fully saturated rings. The first-order chi connectivity index (χ1) is 9.78. The average Bonchev–Trinajstić information content (AvgIpc) is 3.08. The van der Waals surface area contributed by atoms with Crippen molar-refractivity contribution >= 4 is 5.69 Å². The number of hydrogen-bond donors (Lipinski definition) is 3. The molecule has 0 spiro atoms. The van der Waals surface area contributed by atoms with Gasteiger partial charge in [0.05, 0.1) is 5.69 Å². The molecule has 1 aliphatic rings. The van der Waals surface area contributed by atoms with Gasteiger partial charge in [0.1, 0.15) is 0 Å². The number of nitrogens with zero attached hydrogens (tertiary/aromatic N) is 1. The van der Waals surface area contributed by atoms with Crippen molar-refractivity contribution in [1.29, 1.82) is 0 Å². The van der Waals surface area contributed by atoms with E-state index in [0.29, 0.717) is 12.0 Å². The number of aromatic amines is 1. The quantitative estimate of drug-likeness (QED) is 0.793. The summed E-state index contributed by atoms with van der Waals surface area (Å²) in [4.78, 5) is 14.2. The largest absolute Gasteiger partial charge is 0.382 e. The van der Waals surface area contributed by atoms with Crippen LogP contribution in [0, 0.1) is 5.92 Å². The number of aromatic nitrogens is 2. The average molecular weight is 272 g/mol. The van der Waals surface area contributed by atoms with E-state index in [4.69, 9.17) is 5.73 Å². The van der Waals surface area contributed by atoms with Gasteiger partial charge in [-0.05, 0) is 49.6 Å². The van der Waals surface area contributed by atoms with Gasteiger partial charge >= 0.3 is 5.69 Å². The van der Waals surface area contributed by atoms with E-state index < -0.39 is 0 Å². The summed E-state index contributed by atoms with van der Waals surface area (Å²) in [6.45, 7) is 0.745. The number of rotatable bonds is 4. The van der Waals surface area contributed by atoms with Crippen molar-refractivity contribution in [3.05, 3.63) is 47.1 Å². The van der Waals surface area contributed by atoms with Gasteiger partial charge < -0.3 is 16.0 Å². The molecule has 0 aliphatic heterocycles. The molecule has 2 atom stereocenters.